The van der Waals surface area contributed by atoms with Gasteiger partial charge in [-0.05, 0) is 30.3 Å². The van der Waals surface area contributed by atoms with Gasteiger partial charge in [-0.25, -0.2) is 0 Å². The van der Waals surface area contributed by atoms with Gasteiger partial charge in [0, 0.05) is 47.2 Å². The van der Waals surface area contributed by atoms with E-state index in [9.17, 15) is 4.79 Å². The smallest absolute Gasteiger partial charge is 0.251 e. The van der Waals surface area contributed by atoms with E-state index in [1.807, 2.05) is 72.8 Å². The molecule has 0 saturated carbocycles. The summed E-state index contributed by atoms with van der Waals surface area (Å²) in [4.78, 5) is 17.1. The van der Waals surface area contributed by atoms with E-state index in [1.54, 1.807) is 6.20 Å². The lowest BCUT2D eigenvalue weighted by atomic mass is 10.0. The van der Waals surface area contributed by atoms with Crippen molar-refractivity contribution in [2.75, 3.05) is 12.3 Å². The second kappa shape index (κ2) is 8.39. The number of pyridine rings is 1. The van der Waals surface area contributed by atoms with E-state index in [0.717, 1.165) is 28.2 Å². The highest BCUT2D eigenvalue weighted by molar-refractivity contribution is 6.00. The lowest BCUT2D eigenvalue weighted by Gasteiger charge is -2.09. The van der Waals surface area contributed by atoms with Crippen LogP contribution in [0.5, 0.6) is 0 Å². The largest absolute Gasteiger partial charge is 0.398 e. The van der Waals surface area contributed by atoms with Gasteiger partial charge in [0.2, 0.25) is 0 Å². The number of hydrogen-bond donors (Lipinski definition) is 3. The quantitative estimate of drug-likeness (QED) is 0.442. The second-order valence-electron chi connectivity index (χ2n) is 6.63. The van der Waals surface area contributed by atoms with E-state index in [-0.39, 0.29) is 5.91 Å². The number of amides is 1. The van der Waals surface area contributed by atoms with Crippen LogP contribution in [0, 0.1) is 0 Å². The minimum Gasteiger partial charge on any atom is -0.398 e. The van der Waals surface area contributed by atoms with Gasteiger partial charge >= 0.3 is 0 Å². The van der Waals surface area contributed by atoms with Crippen molar-refractivity contribution in [2.24, 2.45) is 0 Å². The van der Waals surface area contributed by atoms with Crippen LogP contribution in [0.2, 0.25) is 0 Å². The van der Waals surface area contributed by atoms with Gasteiger partial charge in [-0.2, -0.15) is 5.10 Å². The number of benzene rings is 2. The normalized spacial score (nSPS) is 10.6. The Bertz CT molecular complexity index is 1120. The number of rotatable bonds is 6. The third kappa shape index (κ3) is 4.16. The van der Waals surface area contributed by atoms with Crippen LogP contribution >= 0.6 is 0 Å². The highest BCUT2D eigenvalue weighted by Gasteiger charge is 2.15. The molecule has 0 fully saturated rings. The van der Waals surface area contributed by atoms with Gasteiger partial charge in [-0.3, -0.25) is 14.9 Å². The van der Waals surface area contributed by atoms with E-state index in [4.69, 9.17) is 5.73 Å². The minimum atomic E-state index is -0.132. The fourth-order valence-corrected chi connectivity index (χ4v) is 3.19. The number of nitrogens with one attached hydrogen (secondary N) is 2. The number of anilines is 1. The maximum Gasteiger partial charge on any atom is 0.251 e. The summed E-state index contributed by atoms with van der Waals surface area (Å²) < 4.78 is 0. The molecular formula is C23H21N5O. The zero-order chi connectivity index (χ0) is 20.1. The summed E-state index contributed by atoms with van der Waals surface area (Å²) in [6, 6.07) is 22.7. The van der Waals surface area contributed by atoms with E-state index in [2.05, 4.69) is 20.5 Å². The minimum absolute atomic E-state index is 0.132. The van der Waals surface area contributed by atoms with E-state index in [1.165, 1.54) is 0 Å². The SMILES string of the molecule is Nc1ccccc1-c1cc(-c2ccccc2C(=O)NCCc2ccccn2)[nH]n1. The summed E-state index contributed by atoms with van der Waals surface area (Å²) in [7, 11) is 0. The first-order chi connectivity index (χ1) is 14.2. The number of aromatic nitrogens is 3. The first-order valence-corrected chi connectivity index (χ1v) is 9.40. The Labute approximate surface area is 168 Å². The molecule has 0 aliphatic rings. The molecule has 0 aliphatic heterocycles. The van der Waals surface area contributed by atoms with E-state index in [0.29, 0.717) is 24.2 Å². The van der Waals surface area contributed by atoms with Crippen molar-refractivity contribution in [1.29, 1.82) is 0 Å². The standard InChI is InChI=1S/C23H21N5O/c24-20-11-4-3-10-19(20)22-15-21(27-28-22)17-8-1-2-9-18(17)23(29)26-14-12-16-7-5-6-13-25-16/h1-11,13,15H,12,14,24H2,(H,26,29)(H,27,28). The molecule has 4 N–H and O–H groups in total. The van der Waals surface area contributed by atoms with Gasteiger partial charge in [0.1, 0.15) is 0 Å². The Morgan fingerprint density at radius 1 is 0.966 bits per heavy atom. The molecule has 0 unspecified atom stereocenters. The molecule has 0 atom stereocenters. The first-order valence-electron chi connectivity index (χ1n) is 9.40. The summed E-state index contributed by atoms with van der Waals surface area (Å²) in [6.07, 6.45) is 2.43. The zero-order valence-electron chi connectivity index (χ0n) is 15.8. The van der Waals surface area contributed by atoms with Crippen molar-refractivity contribution < 1.29 is 4.79 Å². The number of aromatic amines is 1. The fraction of sp³-hybridized carbons (Fsp3) is 0.0870. The van der Waals surface area contributed by atoms with Crippen LogP contribution in [-0.2, 0) is 6.42 Å². The average Bonchev–Trinajstić information content (AvgIpc) is 3.24. The summed E-state index contributed by atoms with van der Waals surface area (Å²) in [5.41, 5.74) is 11.4. The summed E-state index contributed by atoms with van der Waals surface area (Å²) in [5, 5.41) is 10.4. The molecule has 0 spiro atoms. The lowest BCUT2D eigenvalue weighted by Crippen LogP contribution is -2.26. The van der Waals surface area contributed by atoms with Gasteiger partial charge in [0.05, 0.1) is 11.4 Å². The van der Waals surface area contributed by atoms with Crippen molar-refractivity contribution in [3.05, 3.63) is 90.3 Å². The van der Waals surface area contributed by atoms with E-state index >= 15 is 0 Å². The molecule has 4 aromatic rings. The number of nitrogen functional groups attached to an aromatic ring is 1. The molecule has 0 radical (unpaired) electrons. The molecule has 6 nitrogen and oxygen atoms in total. The molecule has 0 saturated heterocycles. The van der Waals surface area contributed by atoms with Crippen LogP contribution in [0.4, 0.5) is 5.69 Å². The number of H-pyrrole nitrogens is 1. The molecule has 4 rings (SSSR count). The van der Waals surface area contributed by atoms with Crippen LogP contribution in [-0.4, -0.2) is 27.6 Å². The maximum absolute atomic E-state index is 12.8. The van der Waals surface area contributed by atoms with Crippen molar-refractivity contribution in [3.63, 3.8) is 0 Å². The molecule has 1 amide bonds. The van der Waals surface area contributed by atoms with Gasteiger partial charge in [0.25, 0.3) is 5.91 Å². The molecule has 2 aromatic heterocycles. The topological polar surface area (TPSA) is 96.7 Å². The average molecular weight is 383 g/mol. The third-order valence-electron chi connectivity index (χ3n) is 4.67. The number of nitrogens with zero attached hydrogens (tertiary/aromatic N) is 2. The van der Waals surface area contributed by atoms with Crippen molar-refractivity contribution >= 4 is 11.6 Å². The molecule has 2 heterocycles. The van der Waals surface area contributed by atoms with Crippen LogP contribution in [0.15, 0.2) is 79.0 Å². The zero-order valence-corrected chi connectivity index (χ0v) is 15.8. The molecular weight excluding hydrogens is 362 g/mol. The van der Waals surface area contributed by atoms with Crippen LogP contribution in [0.3, 0.4) is 0 Å². The van der Waals surface area contributed by atoms with Gasteiger partial charge < -0.3 is 11.1 Å². The monoisotopic (exact) mass is 383 g/mol. The number of para-hydroxylation sites is 1. The summed E-state index contributed by atoms with van der Waals surface area (Å²) in [6.45, 7) is 0.513. The van der Waals surface area contributed by atoms with Crippen molar-refractivity contribution in [3.8, 4) is 22.5 Å². The number of carbonyl (C=O) groups is 1. The van der Waals surface area contributed by atoms with Crippen LogP contribution in [0.25, 0.3) is 22.5 Å². The van der Waals surface area contributed by atoms with Crippen molar-refractivity contribution in [1.82, 2.24) is 20.5 Å². The molecule has 144 valence electrons. The number of hydrogen-bond acceptors (Lipinski definition) is 4. The third-order valence-corrected chi connectivity index (χ3v) is 4.67. The lowest BCUT2D eigenvalue weighted by molar-refractivity contribution is 0.0954. The Morgan fingerprint density at radius 2 is 1.72 bits per heavy atom. The Morgan fingerprint density at radius 3 is 2.52 bits per heavy atom. The predicted octanol–water partition coefficient (Wildman–Crippen LogP) is 3.69. The maximum atomic E-state index is 12.8. The van der Waals surface area contributed by atoms with Gasteiger partial charge in [0.15, 0.2) is 0 Å². The van der Waals surface area contributed by atoms with Crippen LogP contribution < -0.4 is 11.1 Å². The summed E-state index contributed by atoms with van der Waals surface area (Å²) >= 11 is 0. The van der Waals surface area contributed by atoms with Gasteiger partial charge in [-0.1, -0.05) is 42.5 Å². The fourth-order valence-electron chi connectivity index (χ4n) is 3.19. The van der Waals surface area contributed by atoms with E-state index < -0.39 is 0 Å². The molecule has 2 aromatic carbocycles. The number of nitrogens with two attached hydrogens (primary N) is 1. The molecule has 6 heteroatoms. The Kier molecular flexibility index (Phi) is 5.33. The molecule has 0 aliphatic carbocycles. The Balaban J connectivity index is 1.53. The highest BCUT2D eigenvalue weighted by Crippen LogP contribution is 2.29. The predicted molar refractivity (Wildman–Crippen MR) is 114 cm³/mol. The Hall–Kier alpha value is -3.93. The highest BCUT2D eigenvalue weighted by atomic mass is 16.1. The van der Waals surface area contributed by atoms with Gasteiger partial charge in [-0.15, -0.1) is 0 Å². The first kappa shape index (κ1) is 18.4. The molecule has 0 bridgehead atoms. The number of carbonyl (C=O) groups excluding carboxylic acids is 1. The second-order valence-corrected chi connectivity index (χ2v) is 6.63. The summed E-state index contributed by atoms with van der Waals surface area (Å²) in [5.74, 6) is -0.132. The molecule has 29 heavy (non-hydrogen) atoms. The van der Waals surface area contributed by atoms with Crippen molar-refractivity contribution in [2.45, 2.75) is 6.42 Å². The van der Waals surface area contributed by atoms with Crippen LogP contribution in [0.1, 0.15) is 16.1 Å².